The molecule has 104 valence electrons. The van der Waals surface area contributed by atoms with Crippen molar-refractivity contribution in [3.05, 3.63) is 0 Å². The molecule has 1 atom stereocenters. The Morgan fingerprint density at radius 2 is 1.59 bits per heavy atom. The zero-order valence-electron chi connectivity index (χ0n) is 13.3. The van der Waals surface area contributed by atoms with Crippen molar-refractivity contribution in [2.45, 2.75) is 77.4 Å². The van der Waals surface area contributed by atoms with Crippen LogP contribution in [-0.4, -0.2) is 37.1 Å². The summed E-state index contributed by atoms with van der Waals surface area (Å²) in [6.07, 6.45) is 1.08. The lowest BCUT2D eigenvalue weighted by Crippen LogP contribution is -2.55. The van der Waals surface area contributed by atoms with Crippen LogP contribution in [0.1, 0.15) is 27.2 Å². The average molecular weight is 293 g/mol. The second-order valence-corrected chi connectivity index (χ2v) is 16.7. The van der Waals surface area contributed by atoms with Gasteiger partial charge in [0.25, 0.3) is 0 Å². The predicted molar refractivity (Wildman–Crippen MR) is 85.6 cm³/mol. The van der Waals surface area contributed by atoms with Crippen LogP contribution in [-0.2, 0) is 8.85 Å². The highest BCUT2D eigenvalue weighted by Crippen LogP contribution is 2.26. The standard InChI is InChI=1S/C12H32O2Si3/c1-10-11(13-16(6)7)17(8,9)14-12(2,3)15(4)5/h11,15-16H,10H2,1-9H3. The van der Waals surface area contributed by atoms with Gasteiger partial charge in [0.15, 0.2) is 9.04 Å². The molecule has 0 heterocycles. The van der Waals surface area contributed by atoms with Gasteiger partial charge in [0, 0.05) is 5.22 Å². The van der Waals surface area contributed by atoms with Gasteiger partial charge in [-0.15, -0.1) is 0 Å². The van der Waals surface area contributed by atoms with Crippen molar-refractivity contribution in [3.63, 3.8) is 0 Å². The Morgan fingerprint density at radius 1 is 1.12 bits per heavy atom. The predicted octanol–water partition coefficient (Wildman–Crippen LogP) is 3.33. The Kier molecular flexibility index (Phi) is 6.88. The molecule has 0 radical (unpaired) electrons. The molecular formula is C12H32O2Si3. The van der Waals surface area contributed by atoms with Gasteiger partial charge in [-0.25, -0.2) is 0 Å². The Bertz CT molecular complexity index is 228. The van der Waals surface area contributed by atoms with E-state index in [4.69, 9.17) is 8.85 Å². The molecule has 0 aromatic heterocycles. The van der Waals surface area contributed by atoms with E-state index in [0.717, 1.165) is 6.42 Å². The van der Waals surface area contributed by atoms with Crippen LogP contribution < -0.4 is 0 Å². The minimum atomic E-state index is -1.75. The van der Waals surface area contributed by atoms with Crippen LogP contribution in [0.25, 0.3) is 0 Å². The van der Waals surface area contributed by atoms with E-state index in [2.05, 4.69) is 60.1 Å². The van der Waals surface area contributed by atoms with E-state index in [1.807, 2.05) is 0 Å². The summed E-state index contributed by atoms with van der Waals surface area (Å²) < 4.78 is 12.7. The van der Waals surface area contributed by atoms with Crippen molar-refractivity contribution in [2.75, 3.05) is 0 Å². The Morgan fingerprint density at radius 3 is 1.88 bits per heavy atom. The molecule has 0 aliphatic carbocycles. The fourth-order valence-corrected chi connectivity index (χ4v) is 9.24. The van der Waals surface area contributed by atoms with Gasteiger partial charge in [-0.2, -0.15) is 0 Å². The van der Waals surface area contributed by atoms with Gasteiger partial charge in [-0.3, -0.25) is 0 Å². The third-order valence-electron chi connectivity index (χ3n) is 3.50. The summed E-state index contributed by atoms with van der Waals surface area (Å²) in [5, 5.41) is 0.0883. The molecule has 2 nitrogen and oxygen atoms in total. The van der Waals surface area contributed by atoms with Crippen LogP contribution >= 0.6 is 0 Å². The monoisotopic (exact) mass is 292 g/mol. The molecule has 0 aliphatic heterocycles. The lowest BCUT2D eigenvalue weighted by atomic mass is 10.5. The second kappa shape index (κ2) is 6.65. The third-order valence-corrected chi connectivity index (χ3v) is 10.9. The molecule has 0 rings (SSSR count). The first-order valence-electron chi connectivity index (χ1n) is 6.88. The van der Waals surface area contributed by atoms with Gasteiger partial charge in [-0.1, -0.05) is 20.0 Å². The van der Waals surface area contributed by atoms with Crippen LogP contribution in [0.3, 0.4) is 0 Å². The van der Waals surface area contributed by atoms with Crippen LogP contribution in [0.2, 0.25) is 39.3 Å². The maximum absolute atomic E-state index is 6.54. The topological polar surface area (TPSA) is 18.5 Å². The molecule has 0 bridgehead atoms. The summed E-state index contributed by atoms with van der Waals surface area (Å²) in [4.78, 5) is 0. The highest BCUT2D eigenvalue weighted by molar-refractivity contribution is 6.74. The van der Waals surface area contributed by atoms with Crippen molar-refractivity contribution in [3.8, 4) is 0 Å². The van der Waals surface area contributed by atoms with Crippen molar-refractivity contribution >= 4 is 26.2 Å². The van der Waals surface area contributed by atoms with Crippen molar-refractivity contribution in [2.24, 2.45) is 0 Å². The Hall–Kier alpha value is 0.571. The molecule has 0 aromatic rings. The minimum absolute atomic E-state index is 0.0883. The normalized spacial score (nSPS) is 15.7. The molecule has 1 unspecified atom stereocenters. The van der Waals surface area contributed by atoms with Gasteiger partial charge in [0.2, 0.25) is 8.32 Å². The molecule has 5 heteroatoms. The Labute approximate surface area is 113 Å². The van der Waals surface area contributed by atoms with E-state index < -0.39 is 26.2 Å². The maximum atomic E-state index is 6.54. The molecule has 0 saturated carbocycles. The lowest BCUT2D eigenvalue weighted by Gasteiger charge is -2.41. The van der Waals surface area contributed by atoms with Crippen LogP contribution in [0.15, 0.2) is 0 Å². The smallest absolute Gasteiger partial charge is 0.213 e. The number of rotatable bonds is 7. The first kappa shape index (κ1) is 17.6. The van der Waals surface area contributed by atoms with E-state index in [1.165, 1.54) is 0 Å². The molecule has 17 heavy (non-hydrogen) atoms. The molecule has 0 N–H and O–H groups in total. The van der Waals surface area contributed by atoms with Gasteiger partial charge in [-0.05, 0) is 46.5 Å². The number of hydrogen-bond acceptors (Lipinski definition) is 2. The molecule has 0 saturated heterocycles. The Balaban J connectivity index is 4.73. The summed E-state index contributed by atoms with van der Waals surface area (Å²) in [7, 11) is -3.52. The van der Waals surface area contributed by atoms with Crippen molar-refractivity contribution in [1.82, 2.24) is 0 Å². The summed E-state index contributed by atoms with van der Waals surface area (Å²) in [5.41, 5.74) is 0.362. The molecule has 0 aliphatic rings. The summed E-state index contributed by atoms with van der Waals surface area (Å²) in [5.74, 6) is 0. The average Bonchev–Trinajstić information content (AvgIpc) is 2.11. The molecular weight excluding hydrogens is 260 g/mol. The van der Waals surface area contributed by atoms with E-state index in [1.54, 1.807) is 0 Å². The minimum Gasteiger partial charge on any atom is -0.418 e. The van der Waals surface area contributed by atoms with Gasteiger partial charge in [0.1, 0.15) is 0 Å². The lowest BCUT2D eigenvalue weighted by molar-refractivity contribution is 0.143. The highest BCUT2D eigenvalue weighted by Gasteiger charge is 2.40. The van der Waals surface area contributed by atoms with Crippen molar-refractivity contribution in [1.29, 1.82) is 0 Å². The zero-order valence-corrected chi connectivity index (χ0v) is 16.6. The quantitative estimate of drug-likeness (QED) is 0.670. The van der Waals surface area contributed by atoms with Crippen LogP contribution in [0.5, 0.6) is 0 Å². The van der Waals surface area contributed by atoms with Crippen molar-refractivity contribution < 1.29 is 8.85 Å². The fraction of sp³-hybridized carbons (Fsp3) is 1.00. The summed E-state index contributed by atoms with van der Waals surface area (Å²) in [6.45, 7) is 20.6. The molecule has 0 aromatic carbocycles. The van der Waals surface area contributed by atoms with Gasteiger partial charge >= 0.3 is 0 Å². The van der Waals surface area contributed by atoms with E-state index in [9.17, 15) is 0 Å². The molecule has 0 fully saturated rings. The highest BCUT2D eigenvalue weighted by atomic mass is 28.4. The zero-order chi connectivity index (χ0) is 13.9. The number of hydrogen-bond donors (Lipinski definition) is 0. The fourth-order valence-electron chi connectivity index (χ4n) is 1.94. The van der Waals surface area contributed by atoms with Gasteiger partial charge < -0.3 is 8.85 Å². The van der Waals surface area contributed by atoms with E-state index >= 15 is 0 Å². The van der Waals surface area contributed by atoms with E-state index in [0.29, 0.717) is 5.73 Å². The first-order valence-corrected chi connectivity index (χ1v) is 15.5. The maximum Gasteiger partial charge on any atom is 0.213 e. The molecule has 0 spiro atoms. The van der Waals surface area contributed by atoms with Gasteiger partial charge in [0.05, 0.1) is 14.5 Å². The van der Waals surface area contributed by atoms with E-state index in [-0.39, 0.29) is 5.22 Å². The molecule has 0 amide bonds. The largest absolute Gasteiger partial charge is 0.418 e. The first-order chi connectivity index (χ1) is 7.53. The van der Waals surface area contributed by atoms with Crippen LogP contribution in [0.4, 0.5) is 0 Å². The SMILES string of the molecule is CCC(O[SiH](C)C)[Si](C)(C)OC(C)(C)[SiH](C)C. The van der Waals surface area contributed by atoms with Crippen LogP contribution in [0, 0.1) is 0 Å². The second-order valence-electron chi connectivity index (χ2n) is 6.55. The summed E-state index contributed by atoms with van der Waals surface area (Å²) in [6, 6.07) is 0. The summed E-state index contributed by atoms with van der Waals surface area (Å²) >= 11 is 0. The third kappa shape index (κ3) is 5.83.